The van der Waals surface area contributed by atoms with Crippen LogP contribution in [-0.4, -0.2) is 32.7 Å². The Balaban J connectivity index is 2.08. The van der Waals surface area contributed by atoms with Gasteiger partial charge < -0.3 is 19.5 Å². The van der Waals surface area contributed by atoms with Crippen LogP contribution < -0.4 is 14.8 Å². The highest BCUT2D eigenvalue weighted by molar-refractivity contribution is 6.34. The van der Waals surface area contributed by atoms with Crippen molar-refractivity contribution in [1.29, 1.82) is 0 Å². The summed E-state index contributed by atoms with van der Waals surface area (Å²) in [6.45, 7) is -0.179. The number of anilines is 1. The lowest BCUT2D eigenvalue weighted by atomic mass is 10.1. The highest BCUT2D eigenvalue weighted by atomic mass is 35.5. The lowest BCUT2D eigenvalue weighted by Crippen LogP contribution is -2.20. The number of esters is 1. The van der Waals surface area contributed by atoms with E-state index in [2.05, 4.69) is 10.1 Å². The highest BCUT2D eigenvalue weighted by Crippen LogP contribution is 2.31. The zero-order valence-corrected chi connectivity index (χ0v) is 13.9. The summed E-state index contributed by atoms with van der Waals surface area (Å²) in [5.41, 5.74) is 0.478. The molecule has 1 N–H and O–H groups in total. The number of halogens is 1. The van der Waals surface area contributed by atoms with Gasteiger partial charge in [0.15, 0.2) is 6.61 Å². The molecule has 126 valence electrons. The summed E-state index contributed by atoms with van der Waals surface area (Å²) in [7, 11) is 2.66. The number of hydrogen-bond acceptors (Lipinski definition) is 5. The number of hydrogen-bond donors (Lipinski definition) is 1. The molecule has 7 heteroatoms. The van der Waals surface area contributed by atoms with Gasteiger partial charge in [-0.15, -0.1) is 0 Å². The van der Waals surface area contributed by atoms with Gasteiger partial charge in [-0.3, -0.25) is 4.79 Å². The van der Waals surface area contributed by atoms with Crippen LogP contribution in [0.3, 0.4) is 0 Å². The van der Waals surface area contributed by atoms with Crippen molar-refractivity contribution >= 4 is 29.2 Å². The molecule has 2 aromatic carbocycles. The molecular formula is C17H16ClNO5. The van der Waals surface area contributed by atoms with Crippen LogP contribution in [0.5, 0.6) is 11.5 Å². The van der Waals surface area contributed by atoms with Gasteiger partial charge in [0.1, 0.15) is 17.1 Å². The minimum Gasteiger partial charge on any atom is -0.496 e. The molecule has 2 rings (SSSR count). The molecule has 24 heavy (non-hydrogen) atoms. The maximum atomic E-state index is 12.0. The van der Waals surface area contributed by atoms with Crippen molar-refractivity contribution in [1.82, 2.24) is 0 Å². The van der Waals surface area contributed by atoms with Gasteiger partial charge in [-0.1, -0.05) is 29.8 Å². The molecule has 1 amide bonds. The topological polar surface area (TPSA) is 73.9 Å². The smallest absolute Gasteiger partial charge is 0.341 e. The summed E-state index contributed by atoms with van der Waals surface area (Å²) in [5, 5.41) is 2.80. The molecular weight excluding hydrogens is 334 g/mol. The van der Waals surface area contributed by atoms with E-state index in [9.17, 15) is 9.59 Å². The van der Waals surface area contributed by atoms with Crippen LogP contribution in [0.1, 0.15) is 10.4 Å². The minimum atomic E-state index is -0.584. The van der Waals surface area contributed by atoms with E-state index in [4.69, 9.17) is 21.1 Å². The van der Waals surface area contributed by atoms with Gasteiger partial charge in [-0.05, 0) is 18.2 Å². The maximum Gasteiger partial charge on any atom is 0.341 e. The molecule has 0 heterocycles. The fraction of sp³-hybridized carbons (Fsp3) is 0.176. The molecule has 0 bridgehead atoms. The Hall–Kier alpha value is -2.73. The first-order valence-electron chi connectivity index (χ1n) is 6.98. The zero-order chi connectivity index (χ0) is 17.5. The van der Waals surface area contributed by atoms with Crippen molar-refractivity contribution in [3.05, 3.63) is 53.1 Å². The molecule has 2 aromatic rings. The third kappa shape index (κ3) is 4.39. The molecule has 0 atom stereocenters. The second-order valence-electron chi connectivity index (χ2n) is 4.67. The Morgan fingerprint density at radius 1 is 1.12 bits per heavy atom. The number of nitrogens with one attached hydrogen (secondary N) is 1. The lowest BCUT2D eigenvalue weighted by Gasteiger charge is -2.13. The molecule has 0 fully saturated rings. The molecule has 0 aliphatic heterocycles. The predicted octanol–water partition coefficient (Wildman–Crippen LogP) is 3.15. The van der Waals surface area contributed by atoms with Crippen LogP contribution in [0, 0.1) is 0 Å². The molecule has 0 spiro atoms. The third-order valence-electron chi connectivity index (χ3n) is 3.08. The van der Waals surface area contributed by atoms with E-state index in [1.54, 1.807) is 24.3 Å². The first-order chi connectivity index (χ1) is 11.5. The quantitative estimate of drug-likeness (QED) is 0.811. The average Bonchev–Trinajstić information content (AvgIpc) is 2.61. The SMILES string of the molecule is COC(=O)c1cc(Cl)c(NC(=O)COc2ccccc2)cc1OC. The summed E-state index contributed by atoms with van der Waals surface area (Å²) >= 11 is 6.10. The van der Waals surface area contributed by atoms with Crippen LogP contribution in [0.25, 0.3) is 0 Å². The van der Waals surface area contributed by atoms with Gasteiger partial charge in [-0.25, -0.2) is 4.79 Å². The van der Waals surface area contributed by atoms with Crippen molar-refractivity contribution < 1.29 is 23.8 Å². The molecule has 6 nitrogen and oxygen atoms in total. The molecule has 0 aliphatic carbocycles. The number of carbonyl (C=O) groups excluding carboxylic acids is 2. The minimum absolute atomic E-state index is 0.170. The van der Waals surface area contributed by atoms with Gasteiger partial charge in [0.2, 0.25) is 0 Å². The molecule has 0 saturated heterocycles. The van der Waals surface area contributed by atoms with E-state index in [1.807, 2.05) is 6.07 Å². The predicted molar refractivity (Wildman–Crippen MR) is 89.9 cm³/mol. The Morgan fingerprint density at radius 3 is 2.46 bits per heavy atom. The number of para-hydroxylation sites is 1. The summed E-state index contributed by atoms with van der Waals surface area (Å²) < 4.78 is 15.1. The molecule has 0 radical (unpaired) electrons. The van der Waals surface area contributed by atoms with Gasteiger partial charge in [0, 0.05) is 6.07 Å². The van der Waals surface area contributed by atoms with Crippen LogP contribution in [0.2, 0.25) is 5.02 Å². The van der Waals surface area contributed by atoms with Crippen molar-refractivity contribution in [2.24, 2.45) is 0 Å². The maximum absolute atomic E-state index is 12.0. The van der Waals surface area contributed by atoms with Crippen molar-refractivity contribution in [3.63, 3.8) is 0 Å². The second kappa shape index (κ2) is 8.21. The summed E-state index contributed by atoms with van der Waals surface area (Å²) in [6.07, 6.45) is 0. The molecule has 0 saturated carbocycles. The van der Waals surface area contributed by atoms with Gasteiger partial charge >= 0.3 is 5.97 Å². The number of amides is 1. The highest BCUT2D eigenvalue weighted by Gasteiger charge is 2.17. The first kappa shape index (κ1) is 17.6. The summed E-state index contributed by atoms with van der Waals surface area (Å²) in [6, 6.07) is 11.8. The van der Waals surface area contributed by atoms with Gasteiger partial charge in [-0.2, -0.15) is 0 Å². The average molecular weight is 350 g/mol. The Labute approximate surface area is 144 Å². The van der Waals surface area contributed by atoms with E-state index in [0.29, 0.717) is 11.4 Å². The molecule has 0 unspecified atom stereocenters. The number of methoxy groups -OCH3 is 2. The Bertz CT molecular complexity index is 733. The standard InChI is InChI=1S/C17H16ClNO5/c1-22-15-9-14(13(18)8-12(15)17(21)23-2)19-16(20)10-24-11-6-4-3-5-7-11/h3-9H,10H2,1-2H3,(H,19,20). The van der Waals surface area contributed by atoms with Crippen LogP contribution in [0.4, 0.5) is 5.69 Å². The van der Waals surface area contributed by atoms with E-state index in [-0.39, 0.29) is 22.9 Å². The van der Waals surface area contributed by atoms with Crippen LogP contribution >= 0.6 is 11.6 Å². The van der Waals surface area contributed by atoms with Crippen LogP contribution in [0.15, 0.2) is 42.5 Å². The number of rotatable bonds is 6. The van der Waals surface area contributed by atoms with Crippen molar-refractivity contribution in [3.8, 4) is 11.5 Å². The Morgan fingerprint density at radius 2 is 1.83 bits per heavy atom. The number of ether oxygens (including phenoxy) is 3. The van der Waals surface area contributed by atoms with Crippen LogP contribution in [-0.2, 0) is 9.53 Å². The number of carbonyl (C=O) groups is 2. The Kier molecular flexibility index (Phi) is 6.03. The fourth-order valence-electron chi connectivity index (χ4n) is 1.94. The van der Waals surface area contributed by atoms with Crippen molar-refractivity contribution in [2.75, 3.05) is 26.1 Å². The van der Waals surface area contributed by atoms with Gasteiger partial charge in [0.25, 0.3) is 5.91 Å². The van der Waals surface area contributed by atoms with E-state index < -0.39 is 11.9 Å². The fourth-order valence-corrected chi connectivity index (χ4v) is 2.15. The normalized spacial score (nSPS) is 9.96. The largest absolute Gasteiger partial charge is 0.496 e. The second-order valence-corrected chi connectivity index (χ2v) is 5.08. The number of benzene rings is 2. The third-order valence-corrected chi connectivity index (χ3v) is 3.39. The van der Waals surface area contributed by atoms with E-state index in [1.165, 1.54) is 26.4 Å². The van der Waals surface area contributed by atoms with E-state index >= 15 is 0 Å². The first-order valence-corrected chi connectivity index (χ1v) is 7.36. The molecule has 0 aromatic heterocycles. The summed E-state index contributed by atoms with van der Waals surface area (Å²) in [4.78, 5) is 23.7. The monoisotopic (exact) mass is 349 g/mol. The van der Waals surface area contributed by atoms with Crippen molar-refractivity contribution in [2.45, 2.75) is 0 Å². The lowest BCUT2D eigenvalue weighted by molar-refractivity contribution is -0.118. The summed E-state index contributed by atoms with van der Waals surface area (Å²) in [5.74, 6) is -0.157. The van der Waals surface area contributed by atoms with Gasteiger partial charge in [0.05, 0.1) is 24.9 Å². The zero-order valence-electron chi connectivity index (χ0n) is 13.2. The van der Waals surface area contributed by atoms with E-state index in [0.717, 1.165) is 0 Å². The molecule has 0 aliphatic rings.